The summed E-state index contributed by atoms with van der Waals surface area (Å²) in [6.07, 6.45) is 5.01. The van der Waals surface area contributed by atoms with Gasteiger partial charge in [0.2, 0.25) is 11.9 Å². The van der Waals surface area contributed by atoms with E-state index in [0.717, 1.165) is 0 Å². The molecule has 0 bridgehead atoms. The van der Waals surface area contributed by atoms with Crippen LogP contribution >= 0.6 is 0 Å². The highest BCUT2D eigenvalue weighted by molar-refractivity contribution is 5.29. The quantitative estimate of drug-likeness (QED) is 0.729. The number of ether oxygens (including phenoxy) is 2. The standard InChI is InChI=1S/C11H16N6O2/c1-3-18-6-7-19-11-15-9(12-2)14-10(16-11)17-5-4-13-8-17/h4-5,8H,3,6-7H2,1-2H3,(H,12,14,15,16). The summed E-state index contributed by atoms with van der Waals surface area (Å²) in [7, 11) is 1.73. The van der Waals surface area contributed by atoms with E-state index in [-0.39, 0.29) is 6.01 Å². The number of hydrogen-bond donors (Lipinski definition) is 1. The van der Waals surface area contributed by atoms with Crippen molar-refractivity contribution in [2.45, 2.75) is 6.92 Å². The lowest BCUT2D eigenvalue weighted by atomic mass is 10.7. The highest BCUT2D eigenvalue weighted by Crippen LogP contribution is 2.10. The highest BCUT2D eigenvalue weighted by Gasteiger charge is 2.08. The van der Waals surface area contributed by atoms with Gasteiger partial charge >= 0.3 is 6.01 Å². The van der Waals surface area contributed by atoms with E-state index < -0.39 is 0 Å². The van der Waals surface area contributed by atoms with Crippen LogP contribution in [0.15, 0.2) is 18.7 Å². The number of aromatic nitrogens is 5. The number of anilines is 1. The van der Waals surface area contributed by atoms with Gasteiger partial charge in [0, 0.05) is 26.0 Å². The Labute approximate surface area is 110 Å². The molecule has 0 aliphatic rings. The van der Waals surface area contributed by atoms with Gasteiger partial charge in [-0.2, -0.15) is 15.0 Å². The molecule has 0 aromatic carbocycles. The van der Waals surface area contributed by atoms with Gasteiger partial charge < -0.3 is 14.8 Å². The van der Waals surface area contributed by atoms with Crippen molar-refractivity contribution in [3.05, 3.63) is 18.7 Å². The molecular formula is C11H16N6O2. The fraction of sp³-hybridized carbons (Fsp3) is 0.455. The first-order valence-corrected chi connectivity index (χ1v) is 5.96. The Hall–Kier alpha value is -2.22. The molecule has 0 amide bonds. The molecule has 0 saturated carbocycles. The van der Waals surface area contributed by atoms with Crippen LogP contribution in [-0.2, 0) is 4.74 Å². The van der Waals surface area contributed by atoms with Gasteiger partial charge in [-0.05, 0) is 6.92 Å². The summed E-state index contributed by atoms with van der Waals surface area (Å²) in [6.45, 7) is 3.48. The van der Waals surface area contributed by atoms with Gasteiger partial charge in [0.1, 0.15) is 12.9 Å². The lowest BCUT2D eigenvalue weighted by molar-refractivity contribution is 0.106. The van der Waals surface area contributed by atoms with E-state index in [9.17, 15) is 0 Å². The molecule has 1 N–H and O–H groups in total. The zero-order valence-electron chi connectivity index (χ0n) is 10.9. The summed E-state index contributed by atoms with van der Waals surface area (Å²) in [4.78, 5) is 16.5. The minimum atomic E-state index is 0.253. The summed E-state index contributed by atoms with van der Waals surface area (Å²) < 4.78 is 12.3. The van der Waals surface area contributed by atoms with Crippen LogP contribution in [-0.4, -0.2) is 51.4 Å². The third-order valence-corrected chi connectivity index (χ3v) is 2.22. The zero-order valence-corrected chi connectivity index (χ0v) is 10.9. The Balaban J connectivity index is 2.12. The predicted molar refractivity (Wildman–Crippen MR) is 68.5 cm³/mol. The van der Waals surface area contributed by atoms with Crippen LogP contribution in [0.1, 0.15) is 6.92 Å². The lowest BCUT2D eigenvalue weighted by Gasteiger charge is -2.08. The number of rotatable bonds is 7. The van der Waals surface area contributed by atoms with Crippen LogP contribution in [0.5, 0.6) is 6.01 Å². The largest absolute Gasteiger partial charge is 0.461 e. The summed E-state index contributed by atoms with van der Waals surface area (Å²) >= 11 is 0. The minimum absolute atomic E-state index is 0.253. The van der Waals surface area contributed by atoms with E-state index >= 15 is 0 Å². The number of nitrogens with one attached hydrogen (secondary N) is 1. The van der Waals surface area contributed by atoms with Crippen molar-refractivity contribution in [2.24, 2.45) is 0 Å². The molecule has 2 heterocycles. The van der Waals surface area contributed by atoms with Crippen LogP contribution in [0.4, 0.5) is 5.95 Å². The van der Waals surface area contributed by atoms with Gasteiger partial charge in [-0.15, -0.1) is 0 Å². The topological polar surface area (TPSA) is 87.0 Å². The molecule has 8 nitrogen and oxygen atoms in total. The SMILES string of the molecule is CCOCCOc1nc(NC)nc(-n2ccnc2)n1. The molecule has 0 fully saturated rings. The molecule has 0 saturated heterocycles. The van der Waals surface area contributed by atoms with Gasteiger partial charge in [0.05, 0.1) is 6.61 Å². The monoisotopic (exact) mass is 264 g/mol. The zero-order chi connectivity index (χ0) is 13.5. The van der Waals surface area contributed by atoms with Crippen LogP contribution in [0, 0.1) is 0 Å². The molecule has 19 heavy (non-hydrogen) atoms. The van der Waals surface area contributed by atoms with Gasteiger partial charge in [0.15, 0.2) is 0 Å². The van der Waals surface area contributed by atoms with Crippen LogP contribution in [0.3, 0.4) is 0 Å². The van der Waals surface area contributed by atoms with E-state index in [1.807, 2.05) is 6.92 Å². The van der Waals surface area contributed by atoms with E-state index in [4.69, 9.17) is 9.47 Å². The Bertz CT molecular complexity index is 502. The summed E-state index contributed by atoms with van der Waals surface area (Å²) in [5.74, 6) is 0.883. The lowest BCUT2D eigenvalue weighted by Crippen LogP contribution is -2.12. The maximum absolute atomic E-state index is 5.43. The van der Waals surface area contributed by atoms with Crippen molar-refractivity contribution in [1.29, 1.82) is 0 Å². The summed E-state index contributed by atoms with van der Waals surface area (Å²) in [6, 6.07) is 0.253. The molecule has 0 aliphatic carbocycles. The molecule has 0 spiro atoms. The summed E-state index contributed by atoms with van der Waals surface area (Å²) in [5.41, 5.74) is 0. The third kappa shape index (κ3) is 3.62. The molecule has 0 radical (unpaired) electrons. The van der Waals surface area contributed by atoms with Crippen molar-refractivity contribution in [2.75, 3.05) is 32.2 Å². The summed E-state index contributed by atoms with van der Waals surface area (Å²) in [5, 5.41) is 2.86. The van der Waals surface area contributed by atoms with Crippen molar-refractivity contribution in [3.8, 4) is 12.0 Å². The number of imidazole rings is 1. The first-order valence-electron chi connectivity index (χ1n) is 5.96. The highest BCUT2D eigenvalue weighted by atomic mass is 16.5. The Morgan fingerprint density at radius 2 is 2.16 bits per heavy atom. The Morgan fingerprint density at radius 3 is 2.84 bits per heavy atom. The average Bonchev–Trinajstić information content (AvgIpc) is 2.97. The van der Waals surface area contributed by atoms with Crippen LogP contribution in [0.2, 0.25) is 0 Å². The number of nitrogens with zero attached hydrogens (tertiary/aromatic N) is 5. The normalized spacial score (nSPS) is 10.4. The van der Waals surface area contributed by atoms with E-state index in [0.29, 0.717) is 31.7 Å². The van der Waals surface area contributed by atoms with Crippen LogP contribution < -0.4 is 10.1 Å². The molecule has 2 aromatic heterocycles. The van der Waals surface area contributed by atoms with Crippen molar-refractivity contribution in [3.63, 3.8) is 0 Å². The maximum atomic E-state index is 5.43. The van der Waals surface area contributed by atoms with Crippen LogP contribution in [0.25, 0.3) is 5.95 Å². The second-order valence-corrected chi connectivity index (χ2v) is 3.51. The molecule has 2 aromatic rings. The van der Waals surface area contributed by atoms with Crippen molar-refractivity contribution >= 4 is 5.95 Å². The van der Waals surface area contributed by atoms with E-state index in [2.05, 4.69) is 25.3 Å². The van der Waals surface area contributed by atoms with E-state index in [1.54, 1.807) is 30.3 Å². The van der Waals surface area contributed by atoms with Gasteiger partial charge in [-0.3, -0.25) is 4.57 Å². The van der Waals surface area contributed by atoms with Crippen molar-refractivity contribution < 1.29 is 9.47 Å². The fourth-order valence-electron chi connectivity index (χ4n) is 1.35. The predicted octanol–water partition coefficient (Wildman–Crippen LogP) is 0.514. The van der Waals surface area contributed by atoms with Crippen molar-refractivity contribution in [1.82, 2.24) is 24.5 Å². The average molecular weight is 264 g/mol. The smallest absolute Gasteiger partial charge is 0.323 e. The van der Waals surface area contributed by atoms with Gasteiger partial charge in [-0.1, -0.05) is 0 Å². The Morgan fingerprint density at radius 1 is 1.26 bits per heavy atom. The molecular weight excluding hydrogens is 248 g/mol. The van der Waals surface area contributed by atoms with Gasteiger partial charge in [0.25, 0.3) is 0 Å². The van der Waals surface area contributed by atoms with E-state index in [1.165, 1.54) is 0 Å². The second kappa shape index (κ2) is 6.64. The second-order valence-electron chi connectivity index (χ2n) is 3.51. The first kappa shape index (κ1) is 13.2. The molecule has 0 unspecified atom stereocenters. The number of hydrogen-bond acceptors (Lipinski definition) is 7. The molecule has 2 rings (SSSR count). The maximum Gasteiger partial charge on any atom is 0.323 e. The molecule has 8 heteroatoms. The van der Waals surface area contributed by atoms with Gasteiger partial charge in [-0.25, -0.2) is 4.98 Å². The molecule has 0 atom stereocenters. The minimum Gasteiger partial charge on any atom is -0.461 e. The fourth-order valence-corrected chi connectivity index (χ4v) is 1.35. The Kier molecular flexibility index (Phi) is 4.62. The first-order chi connectivity index (χ1) is 9.33. The molecule has 0 aliphatic heterocycles. The molecule has 102 valence electrons. The third-order valence-electron chi connectivity index (χ3n) is 2.22.